The van der Waals surface area contributed by atoms with E-state index in [1.807, 2.05) is 18.2 Å². The van der Waals surface area contributed by atoms with Crippen molar-refractivity contribution in [1.82, 2.24) is 4.90 Å². The minimum atomic E-state index is -0.453. The number of likely N-dealkylation sites (tertiary alicyclic amines) is 1. The van der Waals surface area contributed by atoms with Gasteiger partial charge in [-0.1, -0.05) is 61.9 Å². The van der Waals surface area contributed by atoms with Crippen molar-refractivity contribution >= 4 is 11.6 Å². The third kappa shape index (κ3) is 2.19. The third-order valence-corrected chi connectivity index (χ3v) is 5.60. The van der Waals surface area contributed by atoms with Gasteiger partial charge in [0.2, 0.25) is 5.91 Å². The van der Waals surface area contributed by atoms with Gasteiger partial charge >= 0.3 is 0 Å². The molecule has 1 N–H and O–H groups in total. The summed E-state index contributed by atoms with van der Waals surface area (Å²) in [5.74, 6) is 0.163. The first kappa shape index (κ1) is 15.4. The highest BCUT2D eigenvalue weighted by Crippen LogP contribution is 2.54. The highest BCUT2D eigenvalue weighted by atomic mass is 16.2. The van der Waals surface area contributed by atoms with Crippen molar-refractivity contribution in [3.8, 4) is 0 Å². The molecule has 2 heterocycles. The molecule has 0 unspecified atom stereocenters. The molecule has 2 aromatic rings. The van der Waals surface area contributed by atoms with Gasteiger partial charge in [0, 0.05) is 12.2 Å². The van der Waals surface area contributed by atoms with E-state index < -0.39 is 5.41 Å². The lowest BCUT2D eigenvalue weighted by molar-refractivity contribution is -0.121. The van der Waals surface area contributed by atoms with Crippen LogP contribution in [0.1, 0.15) is 43.4 Å². The van der Waals surface area contributed by atoms with E-state index in [4.69, 9.17) is 0 Å². The molecule has 1 spiro atoms. The number of fused-ring (bicyclic) bond motifs is 2. The van der Waals surface area contributed by atoms with Gasteiger partial charge in [-0.3, -0.25) is 9.69 Å². The van der Waals surface area contributed by atoms with Crippen LogP contribution in [0.4, 0.5) is 5.69 Å². The van der Waals surface area contributed by atoms with Crippen molar-refractivity contribution in [2.24, 2.45) is 0 Å². The SMILES string of the molecule is CCCCN1CC[C@@]2(C(=O)Nc3ccccc32)[C@@H]1c1ccccc1. The lowest BCUT2D eigenvalue weighted by Crippen LogP contribution is -2.41. The van der Waals surface area contributed by atoms with Gasteiger partial charge < -0.3 is 5.32 Å². The molecule has 2 aliphatic heterocycles. The maximum atomic E-state index is 13.1. The Hall–Kier alpha value is -2.13. The van der Waals surface area contributed by atoms with Gasteiger partial charge in [-0.2, -0.15) is 0 Å². The molecule has 1 saturated heterocycles. The van der Waals surface area contributed by atoms with Crippen LogP contribution < -0.4 is 5.32 Å². The Balaban J connectivity index is 1.84. The molecule has 4 rings (SSSR count). The highest BCUT2D eigenvalue weighted by molar-refractivity contribution is 6.07. The summed E-state index contributed by atoms with van der Waals surface area (Å²) in [4.78, 5) is 15.6. The second kappa shape index (κ2) is 6.06. The molecular weight excluding hydrogens is 296 g/mol. The molecule has 0 bridgehead atoms. The van der Waals surface area contributed by atoms with E-state index in [9.17, 15) is 4.79 Å². The number of carbonyl (C=O) groups excluding carboxylic acids is 1. The highest BCUT2D eigenvalue weighted by Gasteiger charge is 2.57. The number of carbonyl (C=O) groups is 1. The standard InChI is InChI=1S/C21H24N2O/c1-2-3-14-23-15-13-21(19(23)16-9-5-4-6-10-16)17-11-7-8-12-18(17)22-20(21)24/h4-12,19H,2-3,13-15H2,1H3,(H,22,24)/t19-,21-/m0/s1. The average molecular weight is 320 g/mol. The second-order valence-electron chi connectivity index (χ2n) is 6.92. The van der Waals surface area contributed by atoms with Crippen LogP contribution in [0.15, 0.2) is 54.6 Å². The van der Waals surface area contributed by atoms with Gasteiger partial charge in [-0.05, 0) is 36.6 Å². The molecule has 0 aliphatic carbocycles. The maximum absolute atomic E-state index is 13.1. The predicted octanol–water partition coefficient (Wildman–Crippen LogP) is 4.12. The topological polar surface area (TPSA) is 32.3 Å². The largest absolute Gasteiger partial charge is 0.325 e. The summed E-state index contributed by atoms with van der Waals surface area (Å²) in [6.07, 6.45) is 3.23. The predicted molar refractivity (Wildman–Crippen MR) is 97.0 cm³/mol. The summed E-state index contributed by atoms with van der Waals surface area (Å²) in [6.45, 7) is 4.25. The fourth-order valence-corrected chi connectivity index (χ4v) is 4.49. The molecule has 0 aromatic heterocycles. The Morgan fingerprint density at radius 2 is 1.88 bits per heavy atom. The van der Waals surface area contributed by atoms with Gasteiger partial charge in [-0.25, -0.2) is 0 Å². The van der Waals surface area contributed by atoms with Crippen molar-refractivity contribution < 1.29 is 4.79 Å². The Morgan fingerprint density at radius 1 is 1.12 bits per heavy atom. The number of benzene rings is 2. The zero-order chi connectivity index (χ0) is 16.6. The summed E-state index contributed by atoms with van der Waals surface area (Å²) < 4.78 is 0. The first-order valence-corrected chi connectivity index (χ1v) is 8.97. The zero-order valence-electron chi connectivity index (χ0n) is 14.2. The number of nitrogens with one attached hydrogen (secondary N) is 1. The maximum Gasteiger partial charge on any atom is 0.237 e. The lowest BCUT2D eigenvalue weighted by atomic mass is 9.72. The van der Waals surface area contributed by atoms with Crippen LogP contribution in [0.25, 0.3) is 0 Å². The number of nitrogens with zero attached hydrogens (tertiary/aromatic N) is 1. The Bertz CT molecular complexity index is 743. The number of hydrogen-bond donors (Lipinski definition) is 1. The van der Waals surface area contributed by atoms with E-state index in [-0.39, 0.29) is 11.9 Å². The summed E-state index contributed by atoms with van der Waals surface area (Å²) in [6, 6.07) is 18.9. The fourth-order valence-electron chi connectivity index (χ4n) is 4.49. The average Bonchev–Trinajstić information content (AvgIpc) is 3.14. The monoisotopic (exact) mass is 320 g/mol. The van der Waals surface area contributed by atoms with Gasteiger partial charge in [0.1, 0.15) is 0 Å². The summed E-state index contributed by atoms with van der Waals surface area (Å²) in [5, 5.41) is 3.14. The summed E-state index contributed by atoms with van der Waals surface area (Å²) >= 11 is 0. The van der Waals surface area contributed by atoms with Crippen LogP contribution in [-0.2, 0) is 10.2 Å². The number of rotatable bonds is 4. The Labute approximate surface area is 143 Å². The van der Waals surface area contributed by atoms with E-state index in [2.05, 4.69) is 53.5 Å². The van der Waals surface area contributed by atoms with E-state index in [1.54, 1.807) is 0 Å². The molecule has 1 fully saturated rings. The third-order valence-electron chi connectivity index (χ3n) is 5.60. The molecule has 3 nitrogen and oxygen atoms in total. The van der Waals surface area contributed by atoms with Crippen LogP contribution >= 0.6 is 0 Å². The number of para-hydroxylation sites is 1. The van der Waals surface area contributed by atoms with Crippen LogP contribution in [0, 0.1) is 0 Å². The number of amides is 1. The van der Waals surface area contributed by atoms with Crippen LogP contribution in [-0.4, -0.2) is 23.9 Å². The molecular formula is C21H24N2O. The lowest BCUT2D eigenvalue weighted by Gasteiger charge is -2.34. The van der Waals surface area contributed by atoms with Crippen molar-refractivity contribution in [3.63, 3.8) is 0 Å². The van der Waals surface area contributed by atoms with Crippen molar-refractivity contribution in [3.05, 3.63) is 65.7 Å². The molecule has 0 radical (unpaired) electrons. The van der Waals surface area contributed by atoms with E-state index >= 15 is 0 Å². The van der Waals surface area contributed by atoms with Gasteiger partial charge in [0.25, 0.3) is 0 Å². The fraction of sp³-hybridized carbons (Fsp3) is 0.381. The number of unbranched alkanes of at least 4 members (excludes halogenated alkanes) is 1. The van der Waals surface area contributed by atoms with Crippen LogP contribution in [0.3, 0.4) is 0 Å². The molecule has 24 heavy (non-hydrogen) atoms. The van der Waals surface area contributed by atoms with Crippen LogP contribution in [0.5, 0.6) is 0 Å². The zero-order valence-corrected chi connectivity index (χ0v) is 14.2. The first-order valence-electron chi connectivity index (χ1n) is 8.97. The van der Waals surface area contributed by atoms with Gasteiger partial charge in [-0.15, -0.1) is 0 Å². The molecule has 3 heteroatoms. The first-order chi connectivity index (χ1) is 11.8. The minimum Gasteiger partial charge on any atom is -0.325 e. The molecule has 2 aliphatic rings. The second-order valence-corrected chi connectivity index (χ2v) is 6.92. The van der Waals surface area contributed by atoms with Gasteiger partial charge in [0.15, 0.2) is 0 Å². The van der Waals surface area contributed by atoms with Crippen molar-refractivity contribution in [2.45, 2.75) is 37.6 Å². The number of anilines is 1. The molecule has 0 saturated carbocycles. The van der Waals surface area contributed by atoms with Crippen molar-refractivity contribution in [1.29, 1.82) is 0 Å². The van der Waals surface area contributed by atoms with Gasteiger partial charge in [0.05, 0.1) is 11.5 Å². The molecule has 124 valence electrons. The minimum absolute atomic E-state index is 0.119. The van der Waals surface area contributed by atoms with Crippen molar-refractivity contribution in [2.75, 3.05) is 18.4 Å². The molecule has 1 amide bonds. The molecule has 2 aromatic carbocycles. The van der Waals surface area contributed by atoms with E-state index in [0.717, 1.165) is 25.2 Å². The molecule has 2 atom stereocenters. The smallest absolute Gasteiger partial charge is 0.237 e. The summed E-state index contributed by atoms with van der Waals surface area (Å²) in [5.41, 5.74) is 2.95. The van der Waals surface area contributed by atoms with Crippen LogP contribution in [0.2, 0.25) is 0 Å². The van der Waals surface area contributed by atoms with E-state index in [1.165, 1.54) is 24.0 Å². The van der Waals surface area contributed by atoms with E-state index in [0.29, 0.717) is 0 Å². The Morgan fingerprint density at radius 3 is 2.67 bits per heavy atom. The summed E-state index contributed by atoms with van der Waals surface area (Å²) in [7, 11) is 0. The Kier molecular flexibility index (Phi) is 3.89. The normalized spacial score (nSPS) is 25.9. The quantitative estimate of drug-likeness (QED) is 0.919. The number of hydrogen-bond acceptors (Lipinski definition) is 2.